The van der Waals surface area contributed by atoms with E-state index in [0.717, 1.165) is 18.8 Å². The molecule has 1 aliphatic rings. The molecule has 27 heavy (non-hydrogen) atoms. The molecule has 2 heterocycles. The quantitative estimate of drug-likeness (QED) is 0.592. The number of amides is 2. The van der Waals surface area contributed by atoms with Crippen molar-refractivity contribution in [2.75, 3.05) is 32.8 Å². The smallest absolute Gasteiger partial charge is 0.258 e. The minimum atomic E-state index is -0.332. The van der Waals surface area contributed by atoms with Crippen molar-refractivity contribution < 1.29 is 23.6 Å². The summed E-state index contributed by atoms with van der Waals surface area (Å²) in [6.45, 7) is 2.45. The molecule has 1 fully saturated rings. The summed E-state index contributed by atoms with van der Waals surface area (Å²) in [7, 11) is 0. The zero-order valence-electron chi connectivity index (χ0n) is 15.3. The van der Waals surface area contributed by atoms with Gasteiger partial charge in [0.25, 0.3) is 5.91 Å². The van der Waals surface area contributed by atoms with Crippen LogP contribution in [0.25, 0.3) is 0 Å². The molecule has 3 N–H and O–H groups in total. The summed E-state index contributed by atoms with van der Waals surface area (Å²) in [5.74, 6) is 0.944. The van der Waals surface area contributed by atoms with E-state index in [2.05, 4.69) is 10.6 Å². The van der Waals surface area contributed by atoms with Crippen LogP contribution in [-0.4, -0.2) is 44.6 Å². The van der Waals surface area contributed by atoms with Gasteiger partial charge < -0.3 is 24.7 Å². The van der Waals surface area contributed by atoms with Gasteiger partial charge in [0.05, 0.1) is 32.4 Å². The van der Waals surface area contributed by atoms with Crippen LogP contribution in [-0.2, 0) is 9.59 Å². The Balaban J connectivity index is 1.39. The van der Waals surface area contributed by atoms with Crippen molar-refractivity contribution in [3.8, 4) is 5.75 Å². The molecule has 0 radical (unpaired) electrons. The Bertz CT molecular complexity index is 712. The lowest BCUT2D eigenvalue weighted by Gasteiger charge is -2.23. The van der Waals surface area contributed by atoms with E-state index in [9.17, 15) is 9.59 Å². The van der Waals surface area contributed by atoms with Gasteiger partial charge in [0, 0.05) is 12.8 Å². The molecule has 0 aliphatic carbocycles. The number of para-hydroxylation sites is 1. The van der Waals surface area contributed by atoms with Gasteiger partial charge in [-0.1, -0.05) is 18.2 Å². The minimum absolute atomic E-state index is 0.0722. The number of hydrogen-bond donors (Lipinski definition) is 3. The monoisotopic (exact) mass is 372 g/mol. The van der Waals surface area contributed by atoms with Crippen LogP contribution >= 0.6 is 0 Å². The Morgan fingerprint density at radius 1 is 1.04 bits per heavy atom. The number of likely N-dealkylation sites (tertiary alicyclic amines) is 1. The summed E-state index contributed by atoms with van der Waals surface area (Å²) < 4.78 is 10.9. The van der Waals surface area contributed by atoms with Gasteiger partial charge in [-0.3, -0.25) is 9.59 Å². The van der Waals surface area contributed by atoms with E-state index >= 15 is 0 Å². The van der Waals surface area contributed by atoms with E-state index in [0.29, 0.717) is 12.3 Å². The van der Waals surface area contributed by atoms with Gasteiger partial charge in [-0.25, -0.2) is 0 Å². The Hall–Kier alpha value is -2.80. The summed E-state index contributed by atoms with van der Waals surface area (Å²) in [4.78, 5) is 25.3. The molecule has 0 spiro atoms. The molecule has 3 rings (SSSR count). The number of furan rings is 1. The normalized spacial score (nSPS) is 15.3. The maximum atomic E-state index is 12.1. The second-order valence-corrected chi connectivity index (χ2v) is 6.62. The second kappa shape index (κ2) is 9.78. The molecule has 7 nitrogen and oxygen atoms in total. The van der Waals surface area contributed by atoms with Crippen LogP contribution in [0.2, 0.25) is 0 Å². The Labute approximate surface area is 158 Å². The number of quaternary nitrogens is 1. The van der Waals surface area contributed by atoms with Crippen LogP contribution in [0.4, 0.5) is 0 Å². The average Bonchev–Trinajstić information content (AvgIpc) is 3.40. The van der Waals surface area contributed by atoms with Crippen molar-refractivity contribution in [2.45, 2.75) is 18.9 Å². The number of benzene rings is 1. The van der Waals surface area contributed by atoms with Crippen molar-refractivity contribution in [1.82, 2.24) is 10.6 Å². The van der Waals surface area contributed by atoms with Gasteiger partial charge in [-0.2, -0.15) is 0 Å². The second-order valence-electron chi connectivity index (χ2n) is 6.62. The number of carbonyl (C=O) groups excluding carboxylic acids is 2. The topological polar surface area (TPSA) is 85.0 Å². The summed E-state index contributed by atoms with van der Waals surface area (Å²) in [6.07, 6.45) is 4.04. The van der Waals surface area contributed by atoms with E-state index < -0.39 is 0 Å². The molecule has 0 unspecified atom stereocenters. The maximum absolute atomic E-state index is 12.1. The van der Waals surface area contributed by atoms with E-state index in [4.69, 9.17) is 9.15 Å². The highest BCUT2D eigenvalue weighted by Gasteiger charge is 2.29. The van der Waals surface area contributed by atoms with Gasteiger partial charge in [0.15, 0.2) is 18.4 Å². The molecule has 1 atom stereocenters. The molecule has 1 aliphatic heterocycles. The van der Waals surface area contributed by atoms with E-state index in [1.165, 1.54) is 17.7 Å². The molecule has 0 bridgehead atoms. The van der Waals surface area contributed by atoms with Crippen LogP contribution in [0.3, 0.4) is 0 Å². The third-order valence-electron chi connectivity index (χ3n) is 4.69. The number of rotatable bonds is 9. The number of carbonyl (C=O) groups is 2. The Kier molecular flexibility index (Phi) is 6.87. The molecule has 2 aromatic rings. The highest BCUT2D eigenvalue weighted by molar-refractivity contribution is 5.85. The number of hydrogen-bond acceptors (Lipinski definition) is 4. The van der Waals surface area contributed by atoms with Crippen LogP contribution in [0, 0.1) is 0 Å². The van der Waals surface area contributed by atoms with Gasteiger partial charge >= 0.3 is 0 Å². The summed E-state index contributed by atoms with van der Waals surface area (Å²) in [5.41, 5.74) is 0. The fraction of sp³-hybridized carbons (Fsp3) is 0.400. The zero-order chi connectivity index (χ0) is 18.9. The van der Waals surface area contributed by atoms with Crippen LogP contribution in [0.5, 0.6) is 5.75 Å². The van der Waals surface area contributed by atoms with Gasteiger partial charge in [-0.05, 0) is 24.3 Å². The predicted octanol–water partition coefficient (Wildman–Crippen LogP) is 0.311. The van der Waals surface area contributed by atoms with Crippen molar-refractivity contribution >= 4 is 11.8 Å². The maximum Gasteiger partial charge on any atom is 0.258 e. The molecule has 1 aromatic heterocycles. The first-order valence-electron chi connectivity index (χ1n) is 9.31. The standard InChI is InChI=1S/C20H25N3O4/c24-19(14-22-20(25)15-27-16-7-2-1-3-8-16)21-13-17(18-9-6-12-26-18)23-10-4-5-11-23/h1-3,6-9,12,17H,4-5,10-11,13-15H2,(H,21,24)(H,22,25)/p+1/t17-/m1/s1. The third kappa shape index (κ3) is 5.86. The SMILES string of the molecule is O=C(CNC(=O)COc1ccccc1)NC[C@H](c1ccco1)[NH+]1CCCC1. The lowest BCUT2D eigenvalue weighted by atomic mass is 10.2. The predicted molar refractivity (Wildman–Crippen MR) is 99.3 cm³/mol. The molecule has 2 amide bonds. The largest absolute Gasteiger partial charge is 0.484 e. The summed E-state index contributed by atoms with van der Waals surface area (Å²) in [6, 6.07) is 13.0. The van der Waals surface area contributed by atoms with E-state index in [1.54, 1.807) is 18.4 Å². The zero-order valence-corrected chi connectivity index (χ0v) is 15.3. The lowest BCUT2D eigenvalue weighted by Crippen LogP contribution is -3.11. The summed E-state index contributed by atoms with van der Waals surface area (Å²) in [5, 5.41) is 5.48. The highest BCUT2D eigenvalue weighted by atomic mass is 16.5. The molecule has 144 valence electrons. The molecular weight excluding hydrogens is 346 g/mol. The average molecular weight is 372 g/mol. The highest BCUT2D eigenvalue weighted by Crippen LogP contribution is 2.11. The van der Waals surface area contributed by atoms with Crippen LogP contribution in [0.15, 0.2) is 53.1 Å². The lowest BCUT2D eigenvalue weighted by molar-refractivity contribution is -0.919. The van der Waals surface area contributed by atoms with Crippen LogP contribution < -0.4 is 20.3 Å². The molecular formula is C20H26N3O4+. The number of nitrogens with one attached hydrogen (secondary N) is 3. The first-order valence-corrected chi connectivity index (χ1v) is 9.31. The van der Waals surface area contributed by atoms with E-state index in [-0.39, 0.29) is 31.0 Å². The van der Waals surface area contributed by atoms with Gasteiger partial charge in [-0.15, -0.1) is 0 Å². The Morgan fingerprint density at radius 2 is 1.81 bits per heavy atom. The van der Waals surface area contributed by atoms with Crippen LogP contribution in [0.1, 0.15) is 24.6 Å². The molecule has 7 heteroatoms. The van der Waals surface area contributed by atoms with Gasteiger partial charge in [0.2, 0.25) is 5.91 Å². The molecule has 0 saturated carbocycles. The van der Waals surface area contributed by atoms with Gasteiger partial charge in [0.1, 0.15) is 5.75 Å². The Morgan fingerprint density at radius 3 is 2.52 bits per heavy atom. The first-order chi connectivity index (χ1) is 13.2. The molecule has 1 aromatic carbocycles. The van der Waals surface area contributed by atoms with Crippen molar-refractivity contribution in [3.63, 3.8) is 0 Å². The van der Waals surface area contributed by atoms with E-state index in [1.807, 2.05) is 30.3 Å². The first kappa shape index (κ1) is 19.0. The fourth-order valence-corrected chi connectivity index (χ4v) is 3.29. The molecule has 1 saturated heterocycles. The fourth-order valence-electron chi connectivity index (χ4n) is 3.29. The van der Waals surface area contributed by atoms with Crippen molar-refractivity contribution in [3.05, 3.63) is 54.5 Å². The minimum Gasteiger partial charge on any atom is -0.484 e. The van der Waals surface area contributed by atoms with Crippen molar-refractivity contribution in [2.24, 2.45) is 0 Å². The third-order valence-corrected chi connectivity index (χ3v) is 4.69. The summed E-state index contributed by atoms with van der Waals surface area (Å²) >= 11 is 0. The number of ether oxygens (including phenoxy) is 1. The van der Waals surface area contributed by atoms with Crippen molar-refractivity contribution in [1.29, 1.82) is 0 Å².